The van der Waals surface area contributed by atoms with Gasteiger partial charge in [-0.3, -0.25) is 9.59 Å². The molecule has 0 spiro atoms. The number of hydrogen-bond acceptors (Lipinski definition) is 5. The Morgan fingerprint density at radius 2 is 1.87 bits per heavy atom. The number of rotatable bonds is 9. The molecule has 1 aromatic carbocycles. The lowest BCUT2D eigenvalue weighted by Crippen LogP contribution is -2.48. The second-order valence-electron chi connectivity index (χ2n) is 8.37. The number of nitrogens with one attached hydrogen (secondary N) is 2. The lowest BCUT2D eigenvalue weighted by Gasteiger charge is -2.31. The van der Waals surface area contributed by atoms with Gasteiger partial charge in [-0.1, -0.05) is 31.5 Å². The van der Waals surface area contributed by atoms with Crippen molar-refractivity contribution >= 4 is 17.9 Å². The summed E-state index contributed by atoms with van der Waals surface area (Å²) >= 11 is 0. The third-order valence-electron chi connectivity index (χ3n) is 4.67. The van der Waals surface area contributed by atoms with Gasteiger partial charge in [0.15, 0.2) is 0 Å². The molecule has 0 radical (unpaired) electrons. The minimum atomic E-state index is -0.982. The number of ether oxygens (including phenoxy) is 1. The molecule has 0 bridgehead atoms. The van der Waals surface area contributed by atoms with Crippen molar-refractivity contribution < 1.29 is 19.1 Å². The van der Waals surface area contributed by atoms with Crippen molar-refractivity contribution in [2.24, 2.45) is 0 Å². The SMILES string of the molecule is CCCCNC(=O)C(c1cccc(C)c1C)N(CC#N)C(=O)CNC(=O)OC(C)(C)C. The number of amides is 3. The van der Waals surface area contributed by atoms with Crippen molar-refractivity contribution in [1.82, 2.24) is 15.5 Å². The first kappa shape index (κ1) is 26.0. The summed E-state index contributed by atoms with van der Waals surface area (Å²) in [6.07, 6.45) is 0.973. The third kappa shape index (κ3) is 8.28. The van der Waals surface area contributed by atoms with Crippen LogP contribution in [0, 0.1) is 25.2 Å². The van der Waals surface area contributed by atoms with Crippen molar-refractivity contribution in [2.45, 2.75) is 66.0 Å². The van der Waals surface area contributed by atoms with E-state index >= 15 is 0 Å². The minimum Gasteiger partial charge on any atom is -0.444 e. The molecular formula is C23H34N4O4. The summed E-state index contributed by atoms with van der Waals surface area (Å²) in [5, 5.41) is 14.6. The molecule has 0 fully saturated rings. The predicted molar refractivity (Wildman–Crippen MR) is 118 cm³/mol. The highest BCUT2D eigenvalue weighted by atomic mass is 16.6. The highest BCUT2D eigenvalue weighted by Crippen LogP contribution is 2.26. The van der Waals surface area contributed by atoms with Gasteiger partial charge >= 0.3 is 6.09 Å². The zero-order chi connectivity index (χ0) is 23.6. The zero-order valence-corrected chi connectivity index (χ0v) is 19.4. The van der Waals surface area contributed by atoms with Gasteiger partial charge in [0.25, 0.3) is 0 Å². The van der Waals surface area contributed by atoms with Crippen molar-refractivity contribution in [2.75, 3.05) is 19.6 Å². The van der Waals surface area contributed by atoms with E-state index in [1.807, 2.05) is 39.0 Å². The number of carbonyl (C=O) groups excluding carboxylic acids is 3. The fourth-order valence-corrected chi connectivity index (χ4v) is 2.97. The van der Waals surface area contributed by atoms with Gasteiger partial charge in [0.05, 0.1) is 6.07 Å². The van der Waals surface area contributed by atoms with Gasteiger partial charge in [-0.05, 0) is 57.7 Å². The molecule has 1 rings (SSSR count). The second kappa shape index (κ2) is 11.9. The quantitative estimate of drug-likeness (QED) is 0.462. The summed E-state index contributed by atoms with van der Waals surface area (Å²) in [6.45, 7) is 10.8. The Morgan fingerprint density at radius 1 is 1.19 bits per heavy atom. The molecule has 8 heteroatoms. The van der Waals surface area contributed by atoms with E-state index in [-0.39, 0.29) is 19.0 Å². The minimum absolute atomic E-state index is 0.298. The van der Waals surface area contributed by atoms with Gasteiger partial charge in [-0.25, -0.2) is 4.79 Å². The maximum atomic E-state index is 13.1. The van der Waals surface area contributed by atoms with Crippen molar-refractivity contribution in [1.29, 1.82) is 5.26 Å². The van der Waals surface area contributed by atoms with Gasteiger partial charge < -0.3 is 20.3 Å². The Balaban J connectivity index is 3.18. The van der Waals surface area contributed by atoms with E-state index in [9.17, 15) is 19.6 Å². The van der Waals surface area contributed by atoms with Crippen LogP contribution < -0.4 is 10.6 Å². The van der Waals surface area contributed by atoms with Crippen molar-refractivity contribution in [3.63, 3.8) is 0 Å². The fourth-order valence-electron chi connectivity index (χ4n) is 2.97. The monoisotopic (exact) mass is 430 g/mol. The Labute approximate surface area is 184 Å². The Bertz CT molecular complexity index is 824. The zero-order valence-electron chi connectivity index (χ0n) is 19.4. The van der Waals surface area contributed by atoms with Gasteiger partial charge in [0.1, 0.15) is 24.7 Å². The van der Waals surface area contributed by atoms with Crippen molar-refractivity contribution in [3.8, 4) is 6.07 Å². The molecule has 8 nitrogen and oxygen atoms in total. The summed E-state index contributed by atoms with van der Waals surface area (Å²) in [6, 6.07) is 6.50. The fraction of sp³-hybridized carbons (Fsp3) is 0.565. The largest absolute Gasteiger partial charge is 0.444 e. The van der Waals surface area contributed by atoms with E-state index in [1.54, 1.807) is 26.8 Å². The Kier molecular flexibility index (Phi) is 10.00. The van der Waals surface area contributed by atoms with Crippen molar-refractivity contribution in [3.05, 3.63) is 34.9 Å². The topological polar surface area (TPSA) is 112 Å². The molecule has 1 atom stereocenters. The lowest BCUT2D eigenvalue weighted by atomic mass is 9.95. The van der Waals surface area contributed by atoms with Crippen LogP contribution in [0.2, 0.25) is 0 Å². The number of carbonyl (C=O) groups is 3. The van der Waals surface area contributed by atoms with E-state index in [2.05, 4.69) is 10.6 Å². The number of alkyl carbamates (subject to hydrolysis) is 1. The molecule has 0 aliphatic rings. The Hall–Kier alpha value is -3.08. The van der Waals surface area contributed by atoms with Crippen LogP contribution in [0.15, 0.2) is 18.2 Å². The van der Waals surface area contributed by atoms with E-state index in [0.717, 1.165) is 24.0 Å². The predicted octanol–water partition coefficient (Wildman–Crippen LogP) is 3.14. The molecule has 31 heavy (non-hydrogen) atoms. The summed E-state index contributed by atoms with van der Waals surface area (Å²) in [4.78, 5) is 39.2. The van der Waals surface area contributed by atoms with Crippen LogP contribution in [0.25, 0.3) is 0 Å². The number of nitrogens with zero attached hydrogens (tertiary/aromatic N) is 2. The molecule has 0 aromatic heterocycles. The molecule has 0 heterocycles. The summed E-state index contributed by atoms with van der Waals surface area (Å²) in [7, 11) is 0. The first-order valence-corrected chi connectivity index (χ1v) is 10.5. The molecule has 1 unspecified atom stereocenters. The first-order chi connectivity index (χ1) is 14.5. The normalized spacial score (nSPS) is 11.8. The van der Waals surface area contributed by atoms with Crippen LogP contribution in [0.1, 0.15) is 63.3 Å². The smallest absolute Gasteiger partial charge is 0.408 e. The third-order valence-corrected chi connectivity index (χ3v) is 4.67. The average Bonchev–Trinajstić information content (AvgIpc) is 2.67. The number of hydrogen-bond donors (Lipinski definition) is 2. The summed E-state index contributed by atoms with van der Waals surface area (Å²) in [5.41, 5.74) is 1.78. The lowest BCUT2D eigenvalue weighted by molar-refractivity contribution is -0.139. The van der Waals surface area contributed by atoms with Crippen LogP contribution in [-0.4, -0.2) is 48.0 Å². The van der Waals surface area contributed by atoms with Crippen LogP contribution in [0.3, 0.4) is 0 Å². The molecule has 0 saturated carbocycles. The number of nitriles is 1. The molecule has 0 aliphatic heterocycles. The van der Waals surface area contributed by atoms with Gasteiger partial charge in [-0.15, -0.1) is 0 Å². The van der Waals surface area contributed by atoms with Crippen LogP contribution in [0.5, 0.6) is 0 Å². The highest BCUT2D eigenvalue weighted by Gasteiger charge is 2.32. The van der Waals surface area contributed by atoms with Gasteiger partial charge in [0.2, 0.25) is 11.8 Å². The van der Waals surface area contributed by atoms with Crippen LogP contribution >= 0.6 is 0 Å². The van der Waals surface area contributed by atoms with Crippen LogP contribution in [-0.2, 0) is 14.3 Å². The molecule has 170 valence electrons. The maximum Gasteiger partial charge on any atom is 0.408 e. The van der Waals surface area contributed by atoms with Gasteiger partial charge in [-0.2, -0.15) is 5.26 Å². The number of unbranched alkanes of at least 4 members (excludes halogenated alkanes) is 1. The molecule has 3 amide bonds. The molecule has 1 aromatic rings. The molecule has 0 aliphatic carbocycles. The molecule has 2 N–H and O–H groups in total. The number of aryl methyl sites for hydroxylation is 1. The summed E-state index contributed by atoms with van der Waals surface area (Å²) < 4.78 is 5.16. The molecular weight excluding hydrogens is 396 g/mol. The van der Waals surface area contributed by atoms with E-state index in [4.69, 9.17) is 4.74 Å². The second-order valence-corrected chi connectivity index (χ2v) is 8.37. The van der Waals surface area contributed by atoms with Gasteiger partial charge in [0, 0.05) is 6.54 Å². The highest BCUT2D eigenvalue weighted by molar-refractivity contribution is 5.90. The van der Waals surface area contributed by atoms with E-state index < -0.39 is 23.6 Å². The van der Waals surface area contributed by atoms with E-state index in [1.165, 1.54) is 4.90 Å². The Morgan fingerprint density at radius 3 is 2.45 bits per heavy atom. The average molecular weight is 431 g/mol. The van der Waals surface area contributed by atoms with E-state index in [0.29, 0.717) is 12.1 Å². The summed E-state index contributed by atoms with van der Waals surface area (Å²) in [5.74, 6) is -0.910. The molecule has 0 saturated heterocycles. The maximum absolute atomic E-state index is 13.1. The number of benzene rings is 1. The van der Waals surface area contributed by atoms with Crippen LogP contribution in [0.4, 0.5) is 4.79 Å². The standard InChI is InChI=1S/C23H34N4O4/c1-7-8-13-25-21(29)20(18-11-9-10-16(2)17(18)3)27(14-12-24)19(28)15-26-22(30)31-23(4,5)6/h9-11,20H,7-8,13-15H2,1-6H3,(H,25,29)(H,26,30). The first-order valence-electron chi connectivity index (χ1n) is 10.5.